The highest BCUT2D eigenvalue weighted by molar-refractivity contribution is 5.65. The van der Waals surface area contributed by atoms with Gasteiger partial charge >= 0.3 is 12.5 Å². The lowest BCUT2D eigenvalue weighted by atomic mass is 9.99. The summed E-state index contributed by atoms with van der Waals surface area (Å²) in [7, 11) is 0. The SMILES string of the molecule is N#Cc1ccc2c(c1C(F)(F)F)CCN2Cc1noc(-c2ccc(OC(F)(F)F)cc2)n1. The van der Waals surface area contributed by atoms with Crippen LogP contribution < -0.4 is 9.64 Å². The van der Waals surface area contributed by atoms with Crippen molar-refractivity contribution in [3.8, 4) is 23.3 Å². The Morgan fingerprint density at radius 3 is 2.41 bits per heavy atom. The number of alkyl halides is 6. The van der Waals surface area contributed by atoms with E-state index in [4.69, 9.17) is 9.78 Å². The van der Waals surface area contributed by atoms with Crippen LogP contribution in [0, 0.1) is 11.3 Å². The molecule has 0 saturated carbocycles. The smallest absolute Gasteiger partial charge is 0.406 e. The van der Waals surface area contributed by atoms with E-state index in [1.807, 2.05) is 0 Å². The number of nitrogens with zero attached hydrogens (tertiary/aromatic N) is 4. The van der Waals surface area contributed by atoms with E-state index in [-0.39, 0.29) is 36.8 Å². The lowest BCUT2D eigenvalue weighted by Crippen LogP contribution is -2.20. The first-order valence-corrected chi connectivity index (χ1v) is 9.12. The zero-order valence-corrected chi connectivity index (χ0v) is 16.0. The highest BCUT2D eigenvalue weighted by atomic mass is 19.4. The molecule has 0 atom stereocenters. The molecule has 0 bridgehead atoms. The van der Waals surface area contributed by atoms with Crippen LogP contribution in [-0.4, -0.2) is 23.0 Å². The number of rotatable bonds is 4. The number of fused-ring (bicyclic) bond motifs is 1. The number of benzene rings is 2. The Bertz CT molecular complexity index is 1180. The van der Waals surface area contributed by atoms with E-state index < -0.39 is 29.4 Å². The number of aromatic nitrogens is 2. The summed E-state index contributed by atoms with van der Waals surface area (Å²) in [5.74, 6) is -0.193. The van der Waals surface area contributed by atoms with Gasteiger partial charge in [0, 0.05) is 17.8 Å². The fourth-order valence-corrected chi connectivity index (χ4v) is 3.54. The molecule has 0 unspecified atom stereocenters. The largest absolute Gasteiger partial charge is 0.573 e. The van der Waals surface area contributed by atoms with E-state index in [9.17, 15) is 26.3 Å². The van der Waals surface area contributed by atoms with Crippen LogP contribution in [0.3, 0.4) is 0 Å². The second-order valence-corrected chi connectivity index (χ2v) is 6.85. The monoisotopic (exact) mass is 454 g/mol. The number of halogens is 6. The summed E-state index contributed by atoms with van der Waals surface area (Å²) in [6, 6.07) is 8.97. The Labute approximate surface area is 176 Å². The molecule has 6 nitrogen and oxygen atoms in total. The summed E-state index contributed by atoms with van der Waals surface area (Å²) < 4.78 is 86.1. The zero-order valence-electron chi connectivity index (χ0n) is 16.0. The van der Waals surface area contributed by atoms with Crippen molar-refractivity contribution in [2.24, 2.45) is 0 Å². The minimum atomic E-state index is -4.81. The number of ether oxygens (including phenoxy) is 1. The molecule has 2 aromatic carbocycles. The van der Waals surface area contributed by atoms with Crippen LogP contribution in [0.25, 0.3) is 11.5 Å². The second kappa shape index (κ2) is 7.74. The summed E-state index contributed by atoms with van der Waals surface area (Å²) in [6.07, 6.45) is -9.37. The van der Waals surface area contributed by atoms with Crippen LogP contribution in [0.5, 0.6) is 5.75 Å². The Kier molecular flexibility index (Phi) is 5.20. The predicted molar refractivity (Wildman–Crippen MR) is 97.3 cm³/mol. The number of anilines is 1. The highest BCUT2D eigenvalue weighted by Crippen LogP contribution is 2.42. The van der Waals surface area contributed by atoms with Crippen LogP contribution in [0.4, 0.5) is 32.0 Å². The molecule has 166 valence electrons. The summed E-state index contributed by atoms with van der Waals surface area (Å²) in [5.41, 5.74) is -0.650. The van der Waals surface area contributed by atoms with Crippen LogP contribution >= 0.6 is 0 Å². The van der Waals surface area contributed by atoms with Gasteiger partial charge in [0.15, 0.2) is 5.82 Å². The topological polar surface area (TPSA) is 75.2 Å². The summed E-state index contributed by atoms with van der Waals surface area (Å²) in [4.78, 5) is 5.81. The van der Waals surface area contributed by atoms with Crippen molar-refractivity contribution in [2.75, 3.05) is 11.4 Å². The standard InChI is InChI=1S/C20H12F6N4O2/c21-19(22,23)17-12(9-27)3-6-15-14(17)7-8-30(15)10-16-28-18(32-29-16)11-1-4-13(5-2-11)31-20(24,25)26/h1-6H,7-8,10H2. The Balaban J connectivity index is 1.53. The third-order valence-electron chi connectivity index (χ3n) is 4.80. The van der Waals surface area contributed by atoms with E-state index in [1.54, 1.807) is 11.0 Å². The molecule has 0 amide bonds. The number of hydrogen-bond donors (Lipinski definition) is 0. The minimum absolute atomic E-state index is 0.0359. The molecule has 12 heteroatoms. The van der Waals surface area contributed by atoms with E-state index >= 15 is 0 Å². The fraction of sp³-hybridized carbons (Fsp3) is 0.250. The molecule has 1 aromatic heterocycles. The second-order valence-electron chi connectivity index (χ2n) is 6.85. The predicted octanol–water partition coefficient (Wildman–Crippen LogP) is 5.09. The Hall–Kier alpha value is -3.75. The molecule has 0 spiro atoms. The maximum absolute atomic E-state index is 13.5. The van der Waals surface area contributed by atoms with Crippen molar-refractivity contribution in [2.45, 2.75) is 25.5 Å². The van der Waals surface area contributed by atoms with Gasteiger partial charge in [0.05, 0.1) is 23.7 Å². The van der Waals surface area contributed by atoms with Crippen LogP contribution in [0.2, 0.25) is 0 Å². The van der Waals surface area contributed by atoms with Crippen molar-refractivity contribution >= 4 is 5.69 Å². The van der Waals surface area contributed by atoms with Crippen LogP contribution in [-0.2, 0) is 19.1 Å². The first-order valence-electron chi connectivity index (χ1n) is 9.12. The van der Waals surface area contributed by atoms with Gasteiger partial charge in [-0.3, -0.25) is 0 Å². The average Bonchev–Trinajstić information content (AvgIpc) is 3.33. The first kappa shape index (κ1) is 21.5. The van der Waals surface area contributed by atoms with Gasteiger partial charge in [-0.05, 0) is 48.4 Å². The molecule has 3 aromatic rings. The van der Waals surface area contributed by atoms with Gasteiger partial charge in [-0.1, -0.05) is 5.16 Å². The average molecular weight is 454 g/mol. The van der Waals surface area contributed by atoms with Gasteiger partial charge in [0.1, 0.15) is 5.75 Å². The van der Waals surface area contributed by atoms with Crippen molar-refractivity contribution in [3.05, 3.63) is 58.9 Å². The van der Waals surface area contributed by atoms with E-state index in [2.05, 4.69) is 14.9 Å². The van der Waals surface area contributed by atoms with Crippen molar-refractivity contribution in [1.82, 2.24) is 10.1 Å². The molecular formula is C20H12F6N4O2. The maximum atomic E-state index is 13.5. The first-order chi connectivity index (χ1) is 15.0. The molecule has 2 heterocycles. The lowest BCUT2D eigenvalue weighted by molar-refractivity contribution is -0.274. The molecule has 1 aliphatic heterocycles. The normalized spacial score (nSPS) is 13.7. The molecule has 1 aliphatic rings. The van der Waals surface area contributed by atoms with Gasteiger partial charge < -0.3 is 14.2 Å². The Morgan fingerprint density at radius 2 is 1.78 bits per heavy atom. The van der Waals surface area contributed by atoms with Gasteiger partial charge in [-0.25, -0.2) is 0 Å². The van der Waals surface area contributed by atoms with Crippen LogP contribution in [0.15, 0.2) is 40.9 Å². The quantitative estimate of drug-likeness (QED) is 0.512. The molecule has 0 radical (unpaired) electrons. The third-order valence-corrected chi connectivity index (χ3v) is 4.80. The molecular weight excluding hydrogens is 442 g/mol. The van der Waals surface area contributed by atoms with Crippen molar-refractivity contribution < 1.29 is 35.6 Å². The van der Waals surface area contributed by atoms with Gasteiger partial charge in [0.2, 0.25) is 0 Å². The molecule has 0 saturated heterocycles. The van der Waals surface area contributed by atoms with Crippen molar-refractivity contribution in [3.63, 3.8) is 0 Å². The maximum Gasteiger partial charge on any atom is 0.573 e. The van der Waals surface area contributed by atoms with E-state index in [0.717, 1.165) is 18.2 Å². The molecule has 4 rings (SSSR count). The fourth-order valence-electron chi connectivity index (χ4n) is 3.54. The molecule has 0 fully saturated rings. The molecule has 0 N–H and O–H groups in total. The van der Waals surface area contributed by atoms with E-state index in [0.29, 0.717) is 11.3 Å². The molecule has 0 aliphatic carbocycles. The summed E-state index contributed by atoms with van der Waals surface area (Å²) in [5, 5.41) is 12.8. The van der Waals surface area contributed by atoms with Gasteiger partial charge in [0.25, 0.3) is 5.89 Å². The van der Waals surface area contributed by atoms with Gasteiger partial charge in [-0.2, -0.15) is 23.4 Å². The highest BCUT2D eigenvalue weighted by Gasteiger charge is 2.39. The zero-order chi connectivity index (χ0) is 23.1. The lowest BCUT2D eigenvalue weighted by Gasteiger charge is -2.19. The Morgan fingerprint density at radius 1 is 1.06 bits per heavy atom. The van der Waals surface area contributed by atoms with E-state index in [1.165, 1.54) is 18.2 Å². The minimum Gasteiger partial charge on any atom is -0.406 e. The number of nitriles is 1. The number of hydrogen-bond acceptors (Lipinski definition) is 6. The third kappa shape index (κ3) is 4.32. The summed E-state index contributed by atoms with van der Waals surface area (Å²) in [6.45, 7) is 0.315. The summed E-state index contributed by atoms with van der Waals surface area (Å²) >= 11 is 0. The van der Waals surface area contributed by atoms with Crippen LogP contribution in [0.1, 0.15) is 22.5 Å². The van der Waals surface area contributed by atoms with Gasteiger partial charge in [-0.15, -0.1) is 13.2 Å². The molecule has 32 heavy (non-hydrogen) atoms. The van der Waals surface area contributed by atoms with Crippen molar-refractivity contribution in [1.29, 1.82) is 5.26 Å².